The molecule has 23 heavy (non-hydrogen) atoms. The molecule has 3 rings (SSSR count). The fourth-order valence-electron chi connectivity index (χ4n) is 2.50. The molecule has 4 nitrogen and oxygen atoms in total. The Balaban J connectivity index is 2.02. The predicted molar refractivity (Wildman–Crippen MR) is 93.3 cm³/mol. The molecule has 1 unspecified atom stereocenters. The van der Waals surface area contributed by atoms with Crippen LogP contribution in [0.4, 0.5) is 0 Å². The molecule has 1 atom stereocenters. The first kappa shape index (κ1) is 15.6. The van der Waals surface area contributed by atoms with E-state index in [9.17, 15) is 9.59 Å². The summed E-state index contributed by atoms with van der Waals surface area (Å²) in [7, 11) is 1.85. The summed E-state index contributed by atoms with van der Waals surface area (Å²) in [6.45, 7) is 0. The second-order valence-electron chi connectivity index (χ2n) is 5.27. The number of piperidine rings is 1. The number of ketones is 1. The molecule has 0 aliphatic carbocycles. The summed E-state index contributed by atoms with van der Waals surface area (Å²) in [5.41, 5.74) is 1.58. The predicted octanol–water partition coefficient (Wildman–Crippen LogP) is 2.87. The number of hydrogen-bond acceptors (Lipinski definition) is 3. The lowest BCUT2D eigenvalue weighted by Crippen LogP contribution is -2.45. The molecule has 1 aliphatic rings. The van der Waals surface area contributed by atoms with Crippen molar-refractivity contribution in [1.29, 1.82) is 0 Å². The standard InChI is InChI=1S/C17H13ClN2O2S/c1-20-8-2-3-12(20)9-13-15(21)14(17(23)19-16(13)22)10-4-6-11(18)7-5-10/h2-9,14H,1H3,(H,19,22,23)/b13-9-. The molecule has 1 saturated heterocycles. The Hall–Kier alpha value is -2.24. The Morgan fingerprint density at radius 3 is 2.52 bits per heavy atom. The first-order chi connectivity index (χ1) is 11.0. The van der Waals surface area contributed by atoms with Gasteiger partial charge in [-0.25, -0.2) is 0 Å². The summed E-state index contributed by atoms with van der Waals surface area (Å²) in [5, 5.41) is 3.19. The number of nitrogens with zero attached hydrogens (tertiary/aromatic N) is 1. The average molecular weight is 345 g/mol. The number of thiocarbonyl (C=S) groups is 1. The van der Waals surface area contributed by atoms with E-state index >= 15 is 0 Å². The van der Waals surface area contributed by atoms with E-state index in [0.29, 0.717) is 10.6 Å². The molecule has 0 spiro atoms. The lowest BCUT2D eigenvalue weighted by atomic mass is 9.86. The summed E-state index contributed by atoms with van der Waals surface area (Å²) in [6, 6.07) is 10.6. The van der Waals surface area contributed by atoms with Crippen LogP contribution in [0.5, 0.6) is 0 Å². The Labute approximate surface area is 143 Å². The molecule has 1 fully saturated rings. The van der Waals surface area contributed by atoms with Crippen molar-refractivity contribution in [3.63, 3.8) is 0 Å². The summed E-state index contributed by atoms with van der Waals surface area (Å²) in [6.07, 6.45) is 3.43. The van der Waals surface area contributed by atoms with E-state index < -0.39 is 11.8 Å². The van der Waals surface area contributed by atoms with Crippen LogP contribution in [0.1, 0.15) is 17.2 Å². The number of carbonyl (C=O) groups excluding carboxylic acids is 2. The van der Waals surface area contributed by atoms with Gasteiger partial charge in [-0.3, -0.25) is 9.59 Å². The molecule has 116 valence electrons. The molecule has 2 aromatic rings. The third-order valence-electron chi connectivity index (χ3n) is 3.75. The van der Waals surface area contributed by atoms with Crippen LogP contribution in [0, 0.1) is 0 Å². The first-order valence-corrected chi connectivity index (χ1v) is 7.74. The Morgan fingerprint density at radius 1 is 1.22 bits per heavy atom. The molecule has 1 aromatic carbocycles. The zero-order valence-corrected chi connectivity index (χ0v) is 13.8. The number of Topliss-reactive ketones (excluding diaryl/α,β-unsaturated/α-hetero) is 1. The maximum Gasteiger partial charge on any atom is 0.259 e. The number of halogens is 1. The van der Waals surface area contributed by atoms with Crippen LogP contribution >= 0.6 is 23.8 Å². The third-order valence-corrected chi connectivity index (χ3v) is 4.34. The van der Waals surface area contributed by atoms with Crippen molar-refractivity contribution in [2.75, 3.05) is 0 Å². The number of amides is 1. The molecule has 0 radical (unpaired) electrons. The SMILES string of the molecule is Cn1cccc1/C=C1\C(=O)NC(=S)C(c2ccc(Cl)cc2)C1=O. The van der Waals surface area contributed by atoms with E-state index in [1.807, 2.05) is 29.9 Å². The molecule has 1 amide bonds. The summed E-state index contributed by atoms with van der Waals surface area (Å²) in [5.74, 6) is -1.44. The molecule has 1 aliphatic heterocycles. The van der Waals surface area contributed by atoms with Gasteiger partial charge in [0.2, 0.25) is 0 Å². The van der Waals surface area contributed by atoms with Crippen molar-refractivity contribution < 1.29 is 9.59 Å². The molecular formula is C17H13ClN2O2S. The quantitative estimate of drug-likeness (QED) is 0.518. The molecule has 0 saturated carbocycles. The van der Waals surface area contributed by atoms with E-state index in [1.165, 1.54) is 0 Å². The first-order valence-electron chi connectivity index (χ1n) is 6.95. The summed E-state index contributed by atoms with van der Waals surface area (Å²) < 4.78 is 1.83. The lowest BCUT2D eigenvalue weighted by molar-refractivity contribution is -0.122. The van der Waals surface area contributed by atoms with Crippen LogP contribution < -0.4 is 5.32 Å². The van der Waals surface area contributed by atoms with Gasteiger partial charge in [-0.1, -0.05) is 36.0 Å². The monoisotopic (exact) mass is 344 g/mol. The topological polar surface area (TPSA) is 51.1 Å². The Morgan fingerprint density at radius 2 is 1.91 bits per heavy atom. The largest absolute Gasteiger partial charge is 0.351 e. The van der Waals surface area contributed by atoms with Crippen molar-refractivity contribution in [3.8, 4) is 0 Å². The van der Waals surface area contributed by atoms with Gasteiger partial charge >= 0.3 is 0 Å². The van der Waals surface area contributed by atoms with Gasteiger partial charge in [-0.2, -0.15) is 0 Å². The van der Waals surface area contributed by atoms with Gasteiger partial charge in [0.15, 0.2) is 5.78 Å². The smallest absolute Gasteiger partial charge is 0.259 e. The number of benzene rings is 1. The summed E-state index contributed by atoms with van der Waals surface area (Å²) in [4.78, 5) is 25.2. The zero-order chi connectivity index (χ0) is 16.6. The minimum absolute atomic E-state index is 0.0975. The van der Waals surface area contributed by atoms with Crippen molar-refractivity contribution in [3.05, 3.63) is 64.4 Å². The minimum Gasteiger partial charge on any atom is -0.351 e. The van der Waals surface area contributed by atoms with Crippen LogP contribution in [0.25, 0.3) is 6.08 Å². The number of rotatable bonds is 2. The van der Waals surface area contributed by atoms with Gasteiger partial charge < -0.3 is 9.88 Å². The van der Waals surface area contributed by atoms with Gasteiger partial charge in [0, 0.05) is 24.0 Å². The highest BCUT2D eigenvalue weighted by atomic mass is 35.5. The maximum atomic E-state index is 12.8. The number of carbonyl (C=O) groups is 2. The number of hydrogen-bond donors (Lipinski definition) is 1. The van der Waals surface area contributed by atoms with Crippen LogP contribution in [0.2, 0.25) is 5.02 Å². The van der Waals surface area contributed by atoms with Gasteiger partial charge in [-0.05, 0) is 35.9 Å². The maximum absolute atomic E-state index is 12.8. The number of nitrogens with one attached hydrogen (secondary N) is 1. The van der Waals surface area contributed by atoms with Crippen LogP contribution in [0.15, 0.2) is 48.2 Å². The highest BCUT2D eigenvalue weighted by Crippen LogP contribution is 2.27. The van der Waals surface area contributed by atoms with Crippen molar-refractivity contribution in [1.82, 2.24) is 9.88 Å². The van der Waals surface area contributed by atoms with E-state index in [2.05, 4.69) is 5.32 Å². The van der Waals surface area contributed by atoms with Gasteiger partial charge in [0.25, 0.3) is 5.91 Å². The second-order valence-corrected chi connectivity index (χ2v) is 6.15. The highest BCUT2D eigenvalue weighted by molar-refractivity contribution is 7.80. The minimum atomic E-state index is -0.675. The lowest BCUT2D eigenvalue weighted by Gasteiger charge is -2.24. The van der Waals surface area contributed by atoms with E-state index in [4.69, 9.17) is 23.8 Å². The molecule has 1 aromatic heterocycles. The fraction of sp³-hybridized carbons (Fsp3) is 0.118. The van der Waals surface area contributed by atoms with Crippen molar-refractivity contribution in [2.24, 2.45) is 7.05 Å². The average Bonchev–Trinajstić information content (AvgIpc) is 2.90. The van der Waals surface area contributed by atoms with Gasteiger partial charge in [0.05, 0.1) is 16.5 Å². The van der Waals surface area contributed by atoms with E-state index in [1.54, 1.807) is 30.3 Å². The normalized spacial score (nSPS) is 20.0. The summed E-state index contributed by atoms with van der Waals surface area (Å²) >= 11 is 11.1. The van der Waals surface area contributed by atoms with Crippen LogP contribution in [-0.2, 0) is 16.6 Å². The highest BCUT2D eigenvalue weighted by Gasteiger charge is 2.37. The third kappa shape index (κ3) is 2.98. The van der Waals surface area contributed by atoms with E-state index in [-0.39, 0.29) is 16.3 Å². The second kappa shape index (κ2) is 6.10. The molecule has 2 heterocycles. The van der Waals surface area contributed by atoms with E-state index in [0.717, 1.165) is 5.69 Å². The number of aryl methyl sites for hydroxylation is 1. The molecular weight excluding hydrogens is 332 g/mol. The van der Waals surface area contributed by atoms with Crippen LogP contribution in [0.3, 0.4) is 0 Å². The molecule has 6 heteroatoms. The Kier molecular flexibility index (Phi) is 4.15. The molecule has 0 bridgehead atoms. The Bertz CT molecular complexity index is 837. The van der Waals surface area contributed by atoms with Crippen LogP contribution in [-0.4, -0.2) is 21.2 Å². The van der Waals surface area contributed by atoms with Crippen molar-refractivity contribution in [2.45, 2.75) is 5.92 Å². The zero-order valence-electron chi connectivity index (χ0n) is 12.2. The number of aromatic nitrogens is 1. The molecule has 1 N–H and O–H groups in total. The van der Waals surface area contributed by atoms with Gasteiger partial charge in [0.1, 0.15) is 0 Å². The fourth-order valence-corrected chi connectivity index (χ4v) is 2.97. The van der Waals surface area contributed by atoms with Gasteiger partial charge in [-0.15, -0.1) is 0 Å². The van der Waals surface area contributed by atoms with Crippen molar-refractivity contribution >= 4 is 46.6 Å².